The van der Waals surface area contributed by atoms with E-state index in [1.165, 1.54) is 0 Å². The van der Waals surface area contributed by atoms with Crippen LogP contribution in [-0.4, -0.2) is 12.4 Å². The molecule has 0 bridgehead atoms. The van der Waals surface area contributed by atoms with Crippen molar-refractivity contribution in [1.29, 1.82) is 0 Å². The quantitative estimate of drug-likeness (QED) is 0.761. The van der Waals surface area contributed by atoms with E-state index >= 15 is 0 Å². The summed E-state index contributed by atoms with van der Waals surface area (Å²) in [6.45, 7) is 4.12. The van der Waals surface area contributed by atoms with Gasteiger partial charge in [0.2, 0.25) is 5.79 Å². The molecule has 3 nitrogen and oxygen atoms in total. The number of ether oxygens (including phenoxy) is 3. The van der Waals surface area contributed by atoms with Crippen molar-refractivity contribution in [2.45, 2.75) is 19.6 Å². The van der Waals surface area contributed by atoms with Gasteiger partial charge >= 0.3 is 0 Å². The van der Waals surface area contributed by atoms with Crippen LogP contribution in [0.4, 0.5) is 0 Å². The van der Waals surface area contributed by atoms with Gasteiger partial charge < -0.3 is 14.2 Å². The lowest BCUT2D eigenvalue weighted by Crippen LogP contribution is -2.21. The summed E-state index contributed by atoms with van der Waals surface area (Å²) in [7, 11) is 0. The lowest BCUT2D eigenvalue weighted by atomic mass is 10.3. The second kappa shape index (κ2) is 3.85. The van der Waals surface area contributed by atoms with Crippen molar-refractivity contribution in [3.63, 3.8) is 0 Å². The normalized spacial score (nSPS) is 17.6. The van der Waals surface area contributed by atoms with Gasteiger partial charge in [-0.3, -0.25) is 0 Å². The summed E-state index contributed by atoms with van der Waals surface area (Å²) in [5.41, 5.74) is 0. The van der Waals surface area contributed by atoms with Crippen LogP contribution in [0.2, 0.25) is 0 Å². The van der Waals surface area contributed by atoms with E-state index in [9.17, 15) is 0 Å². The molecule has 0 fully saturated rings. The summed E-state index contributed by atoms with van der Waals surface area (Å²) >= 11 is 0. The standard InChI is InChI=1S/C12H14O3/c1-12(2)14-9-11(15-12)8-13-10-6-4-3-5-7-10/h3-7,9H,8H2,1-2H3. The first-order valence-electron chi connectivity index (χ1n) is 4.89. The Morgan fingerprint density at radius 2 is 1.93 bits per heavy atom. The molecule has 0 radical (unpaired) electrons. The predicted octanol–water partition coefficient (Wildman–Crippen LogP) is 2.69. The fourth-order valence-electron chi connectivity index (χ4n) is 1.31. The molecule has 1 aromatic rings. The minimum absolute atomic E-state index is 0.396. The van der Waals surface area contributed by atoms with Gasteiger partial charge in [0, 0.05) is 13.8 Å². The Bertz CT molecular complexity index is 354. The molecule has 0 aliphatic carbocycles. The molecule has 80 valence electrons. The molecular weight excluding hydrogens is 192 g/mol. The van der Waals surface area contributed by atoms with Gasteiger partial charge in [0.1, 0.15) is 18.6 Å². The summed E-state index contributed by atoms with van der Waals surface area (Å²) in [5, 5.41) is 0. The van der Waals surface area contributed by atoms with Crippen molar-refractivity contribution in [3.8, 4) is 5.75 Å². The van der Waals surface area contributed by atoms with E-state index in [1.54, 1.807) is 6.26 Å². The van der Waals surface area contributed by atoms with E-state index in [4.69, 9.17) is 14.2 Å². The van der Waals surface area contributed by atoms with Crippen LogP contribution in [0.5, 0.6) is 5.75 Å². The highest BCUT2D eigenvalue weighted by molar-refractivity contribution is 5.21. The van der Waals surface area contributed by atoms with Crippen LogP contribution in [-0.2, 0) is 9.47 Å². The molecule has 2 rings (SSSR count). The Balaban J connectivity index is 1.85. The lowest BCUT2D eigenvalue weighted by molar-refractivity contribution is -0.119. The molecule has 1 aromatic carbocycles. The van der Waals surface area contributed by atoms with Crippen molar-refractivity contribution in [2.75, 3.05) is 6.61 Å². The lowest BCUT2D eigenvalue weighted by Gasteiger charge is -2.18. The van der Waals surface area contributed by atoms with E-state index < -0.39 is 5.79 Å². The third kappa shape index (κ3) is 2.65. The summed E-state index contributed by atoms with van der Waals surface area (Å²) in [4.78, 5) is 0. The first kappa shape index (κ1) is 9.90. The number of benzene rings is 1. The molecule has 15 heavy (non-hydrogen) atoms. The minimum Gasteiger partial charge on any atom is -0.486 e. The number of para-hydroxylation sites is 1. The molecule has 0 spiro atoms. The van der Waals surface area contributed by atoms with Gasteiger partial charge in [-0.1, -0.05) is 18.2 Å². The third-order valence-electron chi connectivity index (χ3n) is 1.98. The van der Waals surface area contributed by atoms with E-state index in [1.807, 2.05) is 44.2 Å². The maximum atomic E-state index is 5.51. The fourth-order valence-corrected chi connectivity index (χ4v) is 1.31. The SMILES string of the molecule is CC1(C)OC=C(COc2ccccc2)O1. The number of rotatable bonds is 3. The highest BCUT2D eigenvalue weighted by atomic mass is 16.7. The Morgan fingerprint density at radius 3 is 2.53 bits per heavy atom. The van der Waals surface area contributed by atoms with Gasteiger partial charge in [0.25, 0.3) is 0 Å². The van der Waals surface area contributed by atoms with E-state index in [-0.39, 0.29) is 0 Å². The second-order valence-electron chi connectivity index (χ2n) is 3.81. The Hall–Kier alpha value is -1.64. The van der Waals surface area contributed by atoms with Gasteiger partial charge in [-0.05, 0) is 12.1 Å². The van der Waals surface area contributed by atoms with Crippen LogP contribution in [0.15, 0.2) is 42.4 Å². The van der Waals surface area contributed by atoms with Gasteiger partial charge in [-0.25, -0.2) is 0 Å². The average Bonchev–Trinajstić information content (AvgIpc) is 2.57. The van der Waals surface area contributed by atoms with Crippen LogP contribution < -0.4 is 4.74 Å². The molecule has 1 heterocycles. The van der Waals surface area contributed by atoms with Gasteiger partial charge in [-0.15, -0.1) is 0 Å². The van der Waals surface area contributed by atoms with Crippen molar-refractivity contribution < 1.29 is 14.2 Å². The van der Waals surface area contributed by atoms with E-state index in [0.29, 0.717) is 12.4 Å². The van der Waals surface area contributed by atoms with Gasteiger partial charge in [0.05, 0.1) is 0 Å². The smallest absolute Gasteiger partial charge is 0.244 e. The number of hydrogen-bond donors (Lipinski definition) is 0. The maximum absolute atomic E-state index is 5.51. The molecule has 0 saturated carbocycles. The first-order valence-corrected chi connectivity index (χ1v) is 4.89. The Morgan fingerprint density at radius 1 is 1.20 bits per heavy atom. The monoisotopic (exact) mass is 206 g/mol. The van der Waals surface area contributed by atoms with Gasteiger partial charge in [0.15, 0.2) is 5.76 Å². The van der Waals surface area contributed by atoms with Crippen LogP contribution in [0.25, 0.3) is 0 Å². The molecular formula is C12H14O3. The summed E-state index contributed by atoms with van der Waals surface area (Å²) in [6.07, 6.45) is 1.60. The topological polar surface area (TPSA) is 27.7 Å². The third-order valence-corrected chi connectivity index (χ3v) is 1.98. The van der Waals surface area contributed by atoms with Crippen LogP contribution in [0, 0.1) is 0 Å². The van der Waals surface area contributed by atoms with E-state index in [0.717, 1.165) is 5.75 Å². The highest BCUT2D eigenvalue weighted by Crippen LogP contribution is 2.24. The fraction of sp³-hybridized carbons (Fsp3) is 0.333. The number of hydrogen-bond acceptors (Lipinski definition) is 3. The van der Waals surface area contributed by atoms with Crippen molar-refractivity contribution in [3.05, 3.63) is 42.4 Å². The van der Waals surface area contributed by atoms with Crippen LogP contribution in [0.3, 0.4) is 0 Å². The zero-order valence-electron chi connectivity index (χ0n) is 8.90. The molecule has 0 atom stereocenters. The second-order valence-corrected chi connectivity index (χ2v) is 3.81. The molecule has 0 unspecified atom stereocenters. The Labute approximate surface area is 89.3 Å². The largest absolute Gasteiger partial charge is 0.486 e. The maximum Gasteiger partial charge on any atom is 0.244 e. The zero-order chi connectivity index (χ0) is 10.7. The highest BCUT2D eigenvalue weighted by Gasteiger charge is 2.27. The van der Waals surface area contributed by atoms with Crippen LogP contribution in [0.1, 0.15) is 13.8 Å². The van der Waals surface area contributed by atoms with Crippen molar-refractivity contribution in [2.24, 2.45) is 0 Å². The minimum atomic E-state index is -0.560. The molecule has 0 saturated heterocycles. The van der Waals surface area contributed by atoms with E-state index in [2.05, 4.69) is 0 Å². The average molecular weight is 206 g/mol. The molecule has 0 aromatic heterocycles. The molecule has 1 aliphatic heterocycles. The van der Waals surface area contributed by atoms with Crippen molar-refractivity contribution in [1.82, 2.24) is 0 Å². The first-order chi connectivity index (χ1) is 7.16. The molecule has 0 amide bonds. The summed E-state index contributed by atoms with van der Waals surface area (Å²) < 4.78 is 16.3. The van der Waals surface area contributed by atoms with Crippen LogP contribution >= 0.6 is 0 Å². The zero-order valence-corrected chi connectivity index (χ0v) is 8.90. The van der Waals surface area contributed by atoms with Crippen molar-refractivity contribution >= 4 is 0 Å². The summed E-state index contributed by atoms with van der Waals surface area (Å²) in [6, 6.07) is 9.62. The van der Waals surface area contributed by atoms with Gasteiger partial charge in [-0.2, -0.15) is 0 Å². The predicted molar refractivity (Wildman–Crippen MR) is 56.3 cm³/mol. The molecule has 3 heteroatoms. The molecule has 0 N–H and O–H groups in total. The summed E-state index contributed by atoms with van der Waals surface area (Å²) in [5.74, 6) is 0.977. The Kier molecular flexibility index (Phi) is 2.54. The molecule has 1 aliphatic rings.